The van der Waals surface area contributed by atoms with Crippen LogP contribution < -0.4 is 11.1 Å². The molecule has 0 atom stereocenters. The van der Waals surface area contributed by atoms with Crippen molar-refractivity contribution < 1.29 is 9.90 Å². The van der Waals surface area contributed by atoms with Crippen LogP contribution in [0.1, 0.15) is 10.5 Å². The quantitative estimate of drug-likeness (QED) is 0.747. The third-order valence-corrected chi connectivity index (χ3v) is 2.91. The molecule has 2 heterocycles. The Hall–Kier alpha value is -1.99. The van der Waals surface area contributed by atoms with Gasteiger partial charge in [0, 0.05) is 17.5 Å². The van der Waals surface area contributed by atoms with E-state index >= 15 is 0 Å². The summed E-state index contributed by atoms with van der Waals surface area (Å²) in [6.45, 7) is 0.0198. The molecule has 4 N–H and O–H groups in total. The van der Waals surface area contributed by atoms with Crippen LogP contribution in [0, 0.1) is 0 Å². The van der Waals surface area contributed by atoms with Crippen LogP contribution in [0.2, 0.25) is 0 Å². The lowest BCUT2D eigenvalue weighted by Gasteiger charge is -2.06. The van der Waals surface area contributed by atoms with Gasteiger partial charge >= 0.3 is 0 Å². The molecule has 18 heavy (non-hydrogen) atoms. The van der Waals surface area contributed by atoms with Gasteiger partial charge in [0.1, 0.15) is 0 Å². The first-order valence-electron chi connectivity index (χ1n) is 5.26. The molecule has 0 aliphatic heterocycles. The first-order chi connectivity index (χ1) is 8.72. The number of aromatic nitrogens is 2. The molecule has 1 amide bonds. The molecule has 0 bridgehead atoms. The van der Waals surface area contributed by atoms with Gasteiger partial charge in [-0.3, -0.25) is 4.79 Å². The maximum atomic E-state index is 11.7. The summed E-state index contributed by atoms with van der Waals surface area (Å²) in [4.78, 5) is 19.9. The minimum absolute atomic E-state index is 0.0735. The van der Waals surface area contributed by atoms with E-state index in [1.54, 1.807) is 0 Å². The number of nitrogen functional groups attached to an aromatic ring is 1. The summed E-state index contributed by atoms with van der Waals surface area (Å²) in [7, 11) is 0. The fourth-order valence-electron chi connectivity index (χ4n) is 1.37. The molecule has 0 fully saturated rings. The number of nitrogens with zero attached hydrogens (tertiary/aromatic N) is 2. The second kappa shape index (κ2) is 5.56. The lowest BCUT2D eigenvalue weighted by atomic mass is 10.2. The van der Waals surface area contributed by atoms with Crippen molar-refractivity contribution in [1.29, 1.82) is 0 Å². The number of carbonyl (C=O) groups is 1. The van der Waals surface area contributed by atoms with E-state index in [2.05, 4.69) is 15.3 Å². The molecule has 0 spiro atoms. The molecular weight excluding hydrogens is 252 g/mol. The fourth-order valence-corrected chi connectivity index (χ4v) is 2.02. The topological polar surface area (TPSA) is 101 Å². The third-order valence-electron chi connectivity index (χ3n) is 2.23. The summed E-state index contributed by atoms with van der Waals surface area (Å²) in [5.41, 5.74) is 7.19. The Morgan fingerprint density at radius 3 is 3.06 bits per heavy atom. The molecule has 0 saturated heterocycles. The smallest absolute Gasteiger partial charge is 0.273 e. The predicted molar refractivity (Wildman–Crippen MR) is 69.2 cm³/mol. The summed E-state index contributed by atoms with van der Waals surface area (Å²) in [6.07, 6.45) is 1.53. The van der Waals surface area contributed by atoms with Crippen molar-refractivity contribution in [2.75, 3.05) is 18.9 Å². The summed E-state index contributed by atoms with van der Waals surface area (Å²) >= 11 is 1.53. The third kappa shape index (κ3) is 2.63. The summed E-state index contributed by atoms with van der Waals surface area (Å²) in [6, 6.07) is 1.89. The Labute approximate surface area is 108 Å². The van der Waals surface area contributed by atoms with Gasteiger partial charge in [0.15, 0.2) is 11.5 Å². The monoisotopic (exact) mass is 264 g/mol. The molecule has 0 radical (unpaired) electrons. The van der Waals surface area contributed by atoms with Crippen molar-refractivity contribution in [2.24, 2.45) is 0 Å². The second-order valence-electron chi connectivity index (χ2n) is 3.48. The van der Waals surface area contributed by atoms with Crippen LogP contribution in [-0.4, -0.2) is 34.1 Å². The van der Waals surface area contributed by atoms with Crippen LogP contribution >= 0.6 is 11.3 Å². The largest absolute Gasteiger partial charge is 0.395 e. The maximum Gasteiger partial charge on any atom is 0.273 e. The van der Waals surface area contributed by atoms with Gasteiger partial charge in [-0.1, -0.05) is 0 Å². The van der Waals surface area contributed by atoms with E-state index in [0.29, 0.717) is 5.69 Å². The van der Waals surface area contributed by atoms with Crippen LogP contribution in [0.15, 0.2) is 23.0 Å². The van der Waals surface area contributed by atoms with Gasteiger partial charge in [-0.2, -0.15) is 11.3 Å². The first-order valence-corrected chi connectivity index (χ1v) is 6.21. The van der Waals surface area contributed by atoms with Gasteiger partial charge in [0.05, 0.1) is 18.5 Å². The van der Waals surface area contributed by atoms with Crippen LogP contribution in [0.4, 0.5) is 5.82 Å². The molecule has 94 valence electrons. The molecule has 6 nitrogen and oxygen atoms in total. The molecule has 2 aromatic heterocycles. The highest BCUT2D eigenvalue weighted by molar-refractivity contribution is 7.08. The Balaban J connectivity index is 2.30. The molecule has 0 aliphatic carbocycles. The zero-order valence-electron chi connectivity index (χ0n) is 9.46. The van der Waals surface area contributed by atoms with E-state index < -0.39 is 5.91 Å². The summed E-state index contributed by atoms with van der Waals surface area (Å²) in [5.74, 6) is -0.365. The first kappa shape index (κ1) is 12.5. The molecule has 7 heteroatoms. The number of anilines is 1. The van der Waals surface area contributed by atoms with Crippen molar-refractivity contribution in [2.45, 2.75) is 0 Å². The number of nitrogens with two attached hydrogens (primary N) is 1. The minimum atomic E-state index is -0.439. The normalized spacial score (nSPS) is 10.3. The standard InChI is InChI=1S/C11H12N4O2S/c12-10-9(11(17)13-2-3-16)15-8(5-14-10)7-1-4-18-6-7/h1,4-6,16H,2-3H2,(H2,12,14)(H,13,17). The number of aliphatic hydroxyl groups excluding tert-OH is 1. The van der Waals surface area contributed by atoms with Gasteiger partial charge in [-0.25, -0.2) is 9.97 Å². The zero-order valence-corrected chi connectivity index (χ0v) is 10.3. The average Bonchev–Trinajstić information content (AvgIpc) is 2.90. The van der Waals surface area contributed by atoms with E-state index in [-0.39, 0.29) is 24.7 Å². The SMILES string of the molecule is Nc1ncc(-c2ccsc2)nc1C(=O)NCCO. The Morgan fingerprint density at radius 2 is 2.39 bits per heavy atom. The lowest BCUT2D eigenvalue weighted by Crippen LogP contribution is -2.28. The van der Waals surface area contributed by atoms with Crippen molar-refractivity contribution >= 4 is 23.1 Å². The van der Waals surface area contributed by atoms with E-state index in [0.717, 1.165) is 5.56 Å². The van der Waals surface area contributed by atoms with Crippen molar-refractivity contribution in [3.05, 3.63) is 28.7 Å². The van der Waals surface area contributed by atoms with Crippen LogP contribution in [0.5, 0.6) is 0 Å². The van der Waals surface area contributed by atoms with Gasteiger partial charge in [-0.05, 0) is 11.4 Å². The van der Waals surface area contributed by atoms with E-state index in [1.165, 1.54) is 17.5 Å². The highest BCUT2D eigenvalue weighted by atomic mass is 32.1. The van der Waals surface area contributed by atoms with Gasteiger partial charge in [0.2, 0.25) is 0 Å². The summed E-state index contributed by atoms with van der Waals surface area (Å²) in [5, 5.41) is 15.0. The van der Waals surface area contributed by atoms with E-state index in [9.17, 15) is 4.79 Å². The van der Waals surface area contributed by atoms with Gasteiger partial charge < -0.3 is 16.2 Å². The number of thiophene rings is 1. The van der Waals surface area contributed by atoms with Crippen molar-refractivity contribution in [3.63, 3.8) is 0 Å². The number of nitrogens with one attached hydrogen (secondary N) is 1. The maximum absolute atomic E-state index is 11.7. The molecule has 0 unspecified atom stereocenters. The zero-order chi connectivity index (χ0) is 13.0. The van der Waals surface area contributed by atoms with Gasteiger partial charge in [0.25, 0.3) is 5.91 Å². The minimum Gasteiger partial charge on any atom is -0.395 e. The highest BCUT2D eigenvalue weighted by Crippen LogP contribution is 2.20. The molecule has 0 aliphatic rings. The van der Waals surface area contributed by atoms with Crippen molar-refractivity contribution in [1.82, 2.24) is 15.3 Å². The summed E-state index contributed by atoms with van der Waals surface area (Å²) < 4.78 is 0. The Bertz CT molecular complexity index is 542. The van der Waals surface area contributed by atoms with E-state index in [4.69, 9.17) is 10.8 Å². The number of carbonyl (C=O) groups excluding carboxylic acids is 1. The van der Waals surface area contributed by atoms with Crippen molar-refractivity contribution in [3.8, 4) is 11.3 Å². The second-order valence-corrected chi connectivity index (χ2v) is 4.26. The number of hydrogen-bond acceptors (Lipinski definition) is 6. The fraction of sp³-hybridized carbons (Fsp3) is 0.182. The van der Waals surface area contributed by atoms with Crippen LogP contribution in [0.25, 0.3) is 11.3 Å². The average molecular weight is 264 g/mol. The molecule has 0 saturated carbocycles. The lowest BCUT2D eigenvalue weighted by molar-refractivity contribution is 0.0940. The van der Waals surface area contributed by atoms with Gasteiger partial charge in [-0.15, -0.1) is 0 Å². The van der Waals surface area contributed by atoms with E-state index in [1.807, 2.05) is 16.8 Å². The molecule has 2 rings (SSSR count). The highest BCUT2D eigenvalue weighted by Gasteiger charge is 2.14. The number of rotatable bonds is 4. The van der Waals surface area contributed by atoms with Crippen LogP contribution in [0.3, 0.4) is 0 Å². The Morgan fingerprint density at radius 1 is 1.56 bits per heavy atom. The number of amides is 1. The number of aliphatic hydroxyl groups is 1. The molecule has 2 aromatic rings. The Kier molecular flexibility index (Phi) is 3.85. The predicted octanol–water partition coefficient (Wildman–Crippen LogP) is 0.509. The van der Waals surface area contributed by atoms with Crippen LogP contribution in [-0.2, 0) is 0 Å². The molecule has 0 aromatic carbocycles. The number of hydrogen-bond donors (Lipinski definition) is 3. The molecular formula is C11H12N4O2S.